The van der Waals surface area contributed by atoms with Crippen LogP contribution in [0.5, 0.6) is 0 Å². The maximum Gasteiger partial charge on any atom is 0.124 e. The molecular formula is C15H14F2N2S. The van der Waals surface area contributed by atoms with Crippen LogP contribution in [0.2, 0.25) is 0 Å². The summed E-state index contributed by atoms with van der Waals surface area (Å²) in [7, 11) is 0. The van der Waals surface area contributed by atoms with Crippen molar-refractivity contribution in [2.24, 2.45) is 5.73 Å². The van der Waals surface area contributed by atoms with Gasteiger partial charge in [-0.15, -0.1) is 0 Å². The first kappa shape index (κ1) is 14.4. The van der Waals surface area contributed by atoms with Crippen molar-refractivity contribution in [3.63, 3.8) is 0 Å². The molecule has 0 aromatic heterocycles. The van der Waals surface area contributed by atoms with Crippen molar-refractivity contribution in [2.75, 3.05) is 11.4 Å². The minimum absolute atomic E-state index is 0.125. The molecule has 0 aliphatic heterocycles. The third kappa shape index (κ3) is 2.93. The van der Waals surface area contributed by atoms with Crippen LogP contribution in [0.4, 0.5) is 20.2 Å². The van der Waals surface area contributed by atoms with Crippen LogP contribution in [0.15, 0.2) is 42.5 Å². The fourth-order valence-electron chi connectivity index (χ4n) is 2.05. The number of thiocarbonyl (C=S) groups is 1. The Labute approximate surface area is 121 Å². The van der Waals surface area contributed by atoms with Gasteiger partial charge in [0, 0.05) is 17.8 Å². The van der Waals surface area contributed by atoms with Crippen LogP contribution in [0, 0.1) is 11.6 Å². The van der Waals surface area contributed by atoms with Crippen molar-refractivity contribution >= 4 is 28.6 Å². The molecule has 0 unspecified atom stereocenters. The molecule has 2 aromatic carbocycles. The molecule has 0 spiro atoms. The van der Waals surface area contributed by atoms with E-state index in [2.05, 4.69) is 0 Å². The van der Waals surface area contributed by atoms with E-state index in [1.54, 1.807) is 18.2 Å². The lowest BCUT2D eigenvalue weighted by molar-refractivity contribution is 0.627. The van der Waals surface area contributed by atoms with Crippen molar-refractivity contribution in [1.29, 1.82) is 0 Å². The van der Waals surface area contributed by atoms with E-state index in [-0.39, 0.29) is 10.8 Å². The molecular weight excluding hydrogens is 278 g/mol. The van der Waals surface area contributed by atoms with E-state index in [0.29, 0.717) is 17.8 Å². The van der Waals surface area contributed by atoms with Crippen LogP contribution in [-0.2, 0) is 0 Å². The zero-order valence-electron chi connectivity index (χ0n) is 10.9. The van der Waals surface area contributed by atoms with Gasteiger partial charge in [-0.3, -0.25) is 0 Å². The van der Waals surface area contributed by atoms with E-state index < -0.39 is 5.82 Å². The molecule has 2 nitrogen and oxygen atoms in total. The summed E-state index contributed by atoms with van der Waals surface area (Å²) in [5.41, 5.74) is 7.61. The summed E-state index contributed by atoms with van der Waals surface area (Å²) >= 11 is 4.97. The van der Waals surface area contributed by atoms with Gasteiger partial charge >= 0.3 is 0 Å². The molecule has 0 aliphatic carbocycles. The first-order chi connectivity index (χ1) is 9.52. The van der Waals surface area contributed by atoms with Gasteiger partial charge in [0.05, 0.1) is 5.69 Å². The molecule has 0 heterocycles. The number of nitrogens with two attached hydrogens (primary N) is 1. The summed E-state index contributed by atoms with van der Waals surface area (Å²) in [6.07, 6.45) is 0. The molecule has 0 amide bonds. The third-order valence-electron chi connectivity index (χ3n) is 2.97. The SMILES string of the molecule is CCN(c1ccc(F)cc1)c1ccc(F)cc1C(N)=S. The first-order valence-corrected chi connectivity index (χ1v) is 6.56. The molecule has 104 valence electrons. The second-order valence-electron chi connectivity index (χ2n) is 4.25. The standard InChI is InChI=1S/C15H14F2N2S/c1-2-19(12-6-3-10(16)4-7-12)14-8-5-11(17)9-13(14)15(18)20/h3-9H,2H2,1H3,(H2,18,20). The Hall–Kier alpha value is -2.01. The molecule has 2 N–H and O–H groups in total. The van der Waals surface area contributed by atoms with Crippen molar-refractivity contribution in [3.8, 4) is 0 Å². The second kappa shape index (κ2) is 5.96. The van der Waals surface area contributed by atoms with Crippen molar-refractivity contribution in [3.05, 3.63) is 59.7 Å². The van der Waals surface area contributed by atoms with Crippen LogP contribution in [0.3, 0.4) is 0 Å². The Morgan fingerprint density at radius 2 is 1.70 bits per heavy atom. The highest BCUT2D eigenvalue weighted by atomic mass is 32.1. The fraction of sp³-hybridized carbons (Fsp3) is 0.133. The Balaban J connectivity index is 2.51. The van der Waals surface area contributed by atoms with Gasteiger partial charge in [-0.05, 0) is 49.4 Å². The monoisotopic (exact) mass is 292 g/mol. The second-order valence-corrected chi connectivity index (χ2v) is 4.69. The number of rotatable bonds is 4. The zero-order valence-corrected chi connectivity index (χ0v) is 11.8. The maximum atomic E-state index is 13.3. The summed E-state index contributed by atoms with van der Waals surface area (Å²) in [5.74, 6) is -0.704. The van der Waals surface area contributed by atoms with E-state index in [4.69, 9.17) is 18.0 Å². The van der Waals surface area contributed by atoms with Gasteiger partial charge in [0.2, 0.25) is 0 Å². The molecule has 0 aliphatic rings. The topological polar surface area (TPSA) is 29.3 Å². The quantitative estimate of drug-likeness (QED) is 0.870. The van der Waals surface area contributed by atoms with Crippen LogP contribution in [0.25, 0.3) is 0 Å². The zero-order chi connectivity index (χ0) is 14.7. The highest BCUT2D eigenvalue weighted by Crippen LogP contribution is 2.29. The summed E-state index contributed by atoms with van der Waals surface area (Å²) < 4.78 is 26.4. The van der Waals surface area contributed by atoms with Gasteiger partial charge in [-0.1, -0.05) is 12.2 Å². The highest BCUT2D eigenvalue weighted by molar-refractivity contribution is 7.80. The average Bonchev–Trinajstić information content (AvgIpc) is 2.43. The van der Waals surface area contributed by atoms with E-state index >= 15 is 0 Å². The molecule has 0 saturated heterocycles. The van der Waals surface area contributed by atoms with Crippen molar-refractivity contribution in [1.82, 2.24) is 0 Å². The maximum absolute atomic E-state index is 13.3. The molecule has 0 bridgehead atoms. The predicted octanol–water partition coefficient (Wildman–Crippen LogP) is 3.76. The van der Waals surface area contributed by atoms with Gasteiger partial charge in [0.25, 0.3) is 0 Å². The van der Waals surface area contributed by atoms with Crippen LogP contribution in [0.1, 0.15) is 12.5 Å². The van der Waals surface area contributed by atoms with Crippen LogP contribution < -0.4 is 10.6 Å². The van der Waals surface area contributed by atoms with Gasteiger partial charge in [-0.2, -0.15) is 0 Å². The number of nitrogens with zero attached hydrogens (tertiary/aromatic N) is 1. The van der Waals surface area contributed by atoms with E-state index in [1.165, 1.54) is 24.3 Å². The average molecular weight is 292 g/mol. The smallest absolute Gasteiger partial charge is 0.124 e. The summed E-state index contributed by atoms with van der Waals surface area (Å²) in [6, 6.07) is 10.4. The molecule has 5 heteroatoms. The number of halogens is 2. The van der Waals surface area contributed by atoms with E-state index in [0.717, 1.165) is 5.69 Å². The van der Waals surface area contributed by atoms with E-state index in [1.807, 2.05) is 11.8 Å². The van der Waals surface area contributed by atoms with Crippen molar-refractivity contribution < 1.29 is 8.78 Å². The minimum atomic E-state index is -0.397. The highest BCUT2D eigenvalue weighted by Gasteiger charge is 2.14. The number of anilines is 2. The van der Waals surface area contributed by atoms with Crippen LogP contribution in [-0.4, -0.2) is 11.5 Å². The molecule has 0 radical (unpaired) electrons. The minimum Gasteiger partial charge on any atom is -0.389 e. The summed E-state index contributed by atoms with van der Waals surface area (Å²) in [4.78, 5) is 2.02. The third-order valence-corrected chi connectivity index (χ3v) is 3.19. The lowest BCUT2D eigenvalue weighted by Crippen LogP contribution is -2.21. The van der Waals surface area contributed by atoms with E-state index in [9.17, 15) is 8.78 Å². The Morgan fingerprint density at radius 1 is 1.10 bits per heavy atom. The summed E-state index contributed by atoms with van der Waals surface area (Å²) in [6.45, 7) is 2.56. The Kier molecular flexibility index (Phi) is 4.29. The molecule has 0 saturated carbocycles. The van der Waals surface area contributed by atoms with Gasteiger partial charge in [0.15, 0.2) is 0 Å². The summed E-state index contributed by atoms with van der Waals surface area (Å²) in [5, 5.41) is 0. The van der Waals surface area contributed by atoms with Crippen LogP contribution >= 0.6 is 12.2 Å². The first-order valence-electron chi connectivity index (χ1n) is 6.15. The lowest BCUT2D eigenvalue weighted by atomic mass is 10.1. The van der Waals surface area contributed by atoms with Crippen molar-refractivity contribution in [2.45, 2.75) is 6.92 Å². The number of hydrogen-bond acceptors (Lipinski definition) is 2. The fourth-order valence-corrected chi connectivity index (χ4v) is 2.22. The predicted molar refractivity (Wildman–Crippen MR) is 81.4 cm³/mol. The Bertz CT molecular complexity index is 626. The molecule has 0 atom stereocenters. The number of hydrogen-bond donors (Lipinski definition) is 1. The van der Waals surface area contributed by atoms with Gasteiger partial charge in [-0.25, -0.2) is 8.78 Å². The van der Waals surface area contributed by atoms with Gasteiger partial charge in [0.1, 0.15) is 16.6 Å². The molecule has 20 heavy (non-hydrogen) atoms. The van der Waals surface area contributed by atoms with Gasteiger partial charge < -0.3 is 10.6 Å². The normalized spacial score (nSPS) is 10.3. The Morgan fingerprint density at radius 3 is 2.25 bits per heavy atom. The lowest BCUT2D eigenvalue weighted by Gasteiger charge is -2.25. The molecule has 2 rings (SSSR count). The number of benzene rings is 2. The molecule has 2 aromatic rings. The largest absolute Gasteiger partial charge is 0.389 e. The molecule has 0 fully saturated rings.